The van der Waals surface area contributed by atoms with Gasteiger partial charge in [0, 0.05) is 5.39 Å². The lowest BCUT2D eigenvalue weighted by Gasteiger charge is -2.34. The van der Waals surface area contributed by atoms with Gasteiger partial charge in [0.1, 0.15) is 5.75 Å². The Kier molecular flexibility index (Phi) is 2.65. The van der Waals surface area contributed by atoms with Crippen LogP contribution in [0.5, 0.6) is 5.75 Å². The number of benzene rings is 1. The van der Waals surface area contributed by atoms with Crippen molar-refractivity contribution in [1.82, 2.24) is 10.2 Å². The molecule has 0 atom stereocenters. The zero-order valence-corrected chi connectivity index (χ0v) is 9.54. The molecule has 2 aromatic rings. The van der Waals surface area contributed by atoms with Crippen molar-refractivity contribution in [3.63, 3.8) is 0 Å². The summed E-state index contributed by atoms with van der Waals surface area (Å²) in [7, 11) is 0. The molecule has 0 amide bonds. The smallest absolute Gasteiger partial charge is 0.149 e. The van der Waals surface area contributed by atoms with Crippen LogP contribution in [-0.4, -0.2) is 22.8 Å². The molecule has 0 bridgehead atoms. The topological polar surface area (TPSA) is 61.0 Å². The van der Waals surface area contributed by atoms with E-state index in [2.05, 4.69) is 10.2 Å². The van der Waals surface area contributed by atoms with E-state index >= 15 is 0 Å². The summed E-state index contributed by atoms with van der Waals surface area (Å²) >= 11 is 0. The number of hydrogen-bond donors (Lipinski definition) is 1. The zero-order chi connectivity index (χ0) is 11.7. The van der Waals surface area contributed by atoms with E-state index in [-0.39, 0.29) is 6.10 Å². The summed E-state index contributed by atoms with van der Waals surface area (Å²) in [6.07, 6.45) is 4.08. The summed E-state index contributed by atoms with van der Waals surface area (Å²) in [6, 6.07) is 7.89. The number of aromatic nitrogens is 2. The van der Waals surface area contributed by atoms with E-state index in [9.17, 15) is 0 Å². The van der Waals surface area contributed by atoms with Crippen molar-refractivity contribution in [3.8, 4) is 5.75 Å². The van der Waals surface area contributed by atoms with Crippen LogP contribution in [0, 0.1) is 5.92 Å². The first-order valence-corrected chi connectivity index (χ1v) is 5.94. The van der Waals surface area contributed by atoms with Gasteiger partial charge in [-0.15, -0.1) is 0 Å². The molecule has 17 heavy (non-hydrogen) atoms. The highest BCUT2D eigenvalue weighted by molar-refractivity contribution is 5.83. The van der Waals surface area contributed by atoms with Crippen molar-refractivity contribution >= 4 is 10.9 Å². The Labute approximate surface area is 99.8 Å². The predicted octanol–water partition coefficient (Wildman–Crippen LogP) is 1.75. The molecule has 0 unspecified atom stereocenters. The Balaban J connectivity index is 1.81. The highest BCUT2D eigenvalue weighted by Gasteiger charge is 2.29. The van der Waals surface area contributed by atoms with Gasteiger partial charge in [-0.25, -0.2) is 0 Å². The SMILES string of the molecule is NCC1CC(Oc2cnnc3ccccc23)C1. The quantitative estimate of drug-likeness (QED) is 0.871. The Morgan fingerprint density at radius 3 is 2.94 bits per heavy atom. The summed E-state index contributed by atoms with van der Waals surface area (Å²) < 4.78 is 5.94. The standard InChI is InChI=1S/C13H15N3O/c14-7-9-5-10(6-9)17-13-8-15-16-12-4-2-1-3-11(12)13/h1-4,8-10H,5-7,14H2. The summed E-state index contributed by atoms with van der Waals surface area (Å²) in [5.74, 6) is 1.46. The first-order chi connectivity index (χ1) is 8.36. The van der Waals surface area contributed by atoms with E-state index < -0.39 is 0 Å². The van der Waals surface area contributed by atoms with E-state index in [1.165, 1.54) is 0 Å². The Morgan fingerprint density at radius 1 is 1.29 bits per heavy atom. The normalized spacial score (nSPS) is 23.4. The van der Waals surface area contributed by atoms with Crippen LogP contribution in [0.25, 0.3) is 10.9 Å². The lowest BCUT2D eigenvalue weighted by atomic mass is 9.82. The van der Waals surface area contributed by atoms with Gasteiger partial charge in [0.25, 0.3) is 0 Å². The van der Waals surface area contributed by atoms with Gasteiger partial charge in [-0.1, -0.05) is 12.1 Å². The summed E-state index contributed by atoms with van der Waals surface area (Å²) in [4.78, 5) is 0. The maximum Gasteiger partial charge on any atom is 0.149 e. The molecule has 1 fully saturated rings. The molecule has 1 aromatic heterocycles. The molecule has 3 rings (SSSR count). The molecular formula is C13H15N3O. The number of ether oxygens (including phenoxy) is 1. The molecule has 4 heteroatoms. The minimum absolute atomic E-state index is 0.288. The molecule has 2 N–H and O–H groups in total. The molecular weight excluding hydrogens is 214 g/mol. The molecule has 0 spiro atoms. The fourth-order valence-electron chi connectivity index (χ4n) is 2.22. The van der Waals surface area contributed by atoms with Gasteiger partial charge in [-0.3, -0.25) is 0 Å². The minimum atomic E-state index is 0.288. The number of hydrogen-bond acceptors (Lipinski definition) is 4. The summed E-state index contributed by atoms with van der Waals surface area (Å²) in [6.45, 7) is 0.759. The third kappa shape index (κ3) is 1.96. The fraction of sp³-hybridized carbons (Fsp3) is 0.385. The van der Waals surface area contributed by atoms with Crippen LogP contribution >= 0.6 is 0 Å². The van der Waals surface area contributed by atoms with Gasteiger partial charge in [0.15, 0.2) is 0 Å². The minimum Gasteiger partial charge on any atom is -0.488 e. The number of rotatable bonds is 3. The molecule has 0 saturated heterocycles. The van der Waals surface area contributed by atoms with Crippen LogP contribution in [0.1, 0.15) is 12.8 Å². The molecule has 0 aliphatic heterocycles. The summed E-state index contributed by atoms with van der Waals surface area (Å²) in [5, 5.41) is 9.06. The number of nitrogens with two attached hydrogens (primary N) is 1. The van der Waals surface area contributed by atoms with Gasteiger partial charge in [-0.05, 0) is 37.4 Å². The largest absolute Gasteiger partial charge is 0.488 e. The van der Waals surface area contributed by atoms with E-state index in [1.54, 1.807) is 6.20 Å². The van der Waals surface area contributed by atoms with Gasteiger partial charge in [0.2, 0.25) is 0 Å². The second-order valence-electron chi connectivity index (χ2n) is 4.54. The lowest BCUT2D eigenvalue weighted by Crippen LogP contribution is -2.37. The number of fused-ring (bicyclic) bond motifs is 1. The fourth-order valence-corrected chi connectivity index (χ4v) is 2.22. The van der Waals surface area contributed by atoms with Crippen molar-refractivity contribution in [2.45, 2.75) is 18.9 Å². The Morgan fingerprint density at radius 2 is 2.12 bits per heavy atom. The zero-order valence-electron chi connectivity index (χ0n) is 9.54. The molecule has 4 nitrogen and oxygen atoms in total. The first kappa shape index (κ1) is 10.5. The van der Waals surface area contributed by atoms with Crippen molar-refractivity contribution in [2.75, 3.05) is 6.54 Å². The van der Waals surface area contributed by atoms with Crippen molar-refractivity contribution in [3.05, 3.63) is 30.5 Å². The van der Waals surface area contributed by atoms with Crippen molar-refractivity contribution < 1.29 is 4.74 Å². The highest BCUT2D eigenvalue weighted by Crippen LogP contribution is 2.32. The van der Waals surface area contributed by atoms with E-state index in [1.807, 2.05) is 24.3 Å². The van der Waals surface area contributed by atoms with Crippen molar-refractivity contribution in [2.24, 2.45) is 11.7 Å². The van der Waals surface area contributed by atoms with E-state index in [4.69, 9.17) is 10.5 Å². The van der Waals surface area contributed by atoms with Crippen LogP contribution in [0.2, 0.25) is 0 Å². The highest BCUT2D eigenvalue weighted by atomic mass is 16.5. The monoisotopic (exact) mass is 229 g/mol. The second kappa shape index (κ2) is 4.30. The van der Waals surface area contributed by atoms with Crippen LogP contribution in [-0.2, 0) is 0 Å². The predicted molar refractivity (Wildman–Crippen MR) is 65.7 cm³/mol. The molecule has 1 aromatic carbocycles. The molecule has 1 heterocycles. The molecule has 1 aliphatic rings. The van der Waals surface area contributed by atoms with Crippen molar-refractivity contribution in [1.29, 1.82) is 0 Å². The molecule has 0 radical (unpaired) electrons. The van der Waals surface area contributed by atoms with E-state index in [0.717, 1.165) is 36.0 Å². The Bertz CT molecular complexity index is 518. The van der Waals surface area contributed by atoms with Gasteiger partial charge in [0.05, 0.1) is 17.8 Å². The maximum absolute atomic E-state index is 5.94. The number of nitrogens with zero attached hydrogens (tertiary/aromatic N) is 2. The van der Waals surface area contributed by atoms with Gasteiger partial charge in [-0.2, -0.15) is 10.2 Å². The van der Waals surface area contributed by atoms with Crippen LogP contribution in [0.3, 0.4) is 0 Å². The second-order valence-corrected chi connectivity index (χ2v) is 4.54. The average Bonchev–Trinajstić information content (AvgIpc) is 2.33. The third-order valence-corrected chi connectivity index (χ3v) is 3.33. The molecule has 88 valence electrons. The van der Waals surface area contributed by atoms with Gasteiger partial charge >= 0.3 is 0 Å². The third-order valence-electron chi connectivity index (χ3n) is 3.33. The van der Waals surface area contributed by atoms with Gasteiger partial charge < -0.3 is 10.5 Å². The molecule has 1 saturated carbocycles. The molecule has 1 aliphatic carbocycles. The van der Waals surface area contributed by atoms with Crippen LogP contribution in [0.4, 0.5) is 0 Å². The van der Waals surface area contributed by atoms with E-state index in [0.29, 0.717) is 5.92 Å². The lowest BCUT2D eigenvalue weighted by molar-refractivity contribution is 0.0700. The maximum atomic E-state index is 5.94. The van der Waals surface area contributed by atoms with Crippen LogP contribution in [0.15, 0.2) is 30.5 Å². The Hall–Kier alpha value is -1.68. The first-order valence-electron chi connectivity index (χ1n) is 5.94. The summed E-state index contributed by atoms with van der Waals surface area (Å²) in [5.41, 5.74) is 6.48. The van der Waals surface area contributed by atoms with Crippen LogP contribution < -0.4 is 10.5 Å². The average molecular weight is 229 g/mol.